The largest absolute Gasteiger partial charge is 0.457 e. The Morgan fingerprint density at radius 2 is 1.04 bits per heavy atom. The number of para-hydroxylation sites is 2. The summed E-state index contributed by atoms with van der Waals surface area (Å²) in [6.45, 7) is 0. The van der Waals surface area contributed by atoms with Crippen LogP contribution in [-0.4, -0.2) is 14.5 Å². The molecule has 0 N–H and O–H groups in total. The lowest BCUT2D eigenvalue weighted by Crippen LogP contribution is -2.32. The first-order chi connectivity index (χ1) is 25.3. The minimum atomic E-state index is -0.567. The zero-order valence-corrected chi connectivity index (χ0v) is 27.5. The van der Waals surface area contributed by atoms with Gasteiger partial charge in [0.15, 0.2) is 5.82 Å². The summed E-state index contributed by atoms with van der Waals surface area (Å²) in [5.74, 6) is 3.25. The Labute approximate surface area is 294 Å². The Morgan fingerprint density at radius 3 is 1.78 bits per heavy atom. The molecule has 1 spiro atoms. The fourth-order valence-corrected chi connectivity index (χ4v) is 8.59. The van der Waals surface area contributed by atoms with Crippen molar-refractivity contribution in [3.63, 3.8) is 0 Å². The predicted molar refractivity (Wildman–Crippen MR) is 205 cm³/mol. The van der Waals surface area contributed by atoms with Crippen molar-refractivity contribution in [3.05, 3.63) is 198 Å². The van der Waals surface area contributed by atoms with Gasteiger partial charge in [-0.05, 0) is 46.5 Å². The first-order valence-corrected chi connectivity index (χ1v) is 17.3. The molecule has 4 heteroatoms. The monoisotopic (exact) mass is 651 g/mol. The summed E-state index contributed by atoms with van der Waals surface area (Å²) < 4.78 is 9.20. The Kier molecular flexibility index (Phi) is 5.84. The van der Waals surface area contributed by atoms with E-state index in [1.807, 2.05) is 24.3 Å². The summed E-state index contributed by atoms with van der Waals surface area (Å²) in [4.78, 5) is 10.4. The quantitative estimate of drug-likeness (QED) is 0.191. The van der Waals surface area contributed by atoms with Crippen LogP contribution in [0.2, 0.25) is 0 Å². The summed E-state index contributed by atoms with van der Waals surface area (Å²) in [5.41, 5.74) is 11.8. The van der Waals surface area contributed by atoms with Gasteiger partial charge in [-0.2, -0.15) is 0 Å². The van der Waals surface area contributed by atoms with E-state index in [1.165, 1.54) is 22.3 Å². The van der Waals surface area contributed by atoms with Gasteiger partial charge in [0.2, 0.25) is 0 Å². The van der Waals surface area contributed by atoms with Crippen LogP contribution in [-0.2, 0) is 5.41 Å². The van der Waals surface area contributed by atoms with Gasteiger partial charge in [-0.15, -0.1) is 0 Å². The topological polar surface area (TPSA) is 39.9 Å². The lowest BCUT2D eigenvalue weighted by Gasteiger charge is -2.39. The lowest BCUT2D eigenvalue weighted by atomic mass is 9.66. The molecular weight excluding hydrogens is 623 g/mol. The second-order valence-corrected chi connectivity index (χ2v) is 13.3. The molecule has 0 saturated heterocycles. The highest BCUT2D eigenvalue weighted by Gasteiger charge is 2.51. The van der Waals surface area contributed by atoms with Gasteiger partial charge in [-0.1, -0.05) is 146 Å². The zero-order chi connectivity index (χ0) is 33.5. The van der Waals surface area contributed by atoms with Gasteiger partial charge in [0, 0.05) is 39.1 Å². The molecule has 9 aromatic rings. The first-order valence-electron chi connectivity index (χ1n) is 17.3. The van der Waals surface area contributed by atoms with Gasteiger partial charge in [0.05, 0.1) is 22.1 Å². The fourth-order valence-electron chi connectivity index (χ4n) is 8.59. The number of fused-ring (bicyclic) bond motifs is 12. The fraction of sp³-hybridized carbons (Fsp3) is 0.0213. The maximum Gasteiger partial charge on any atom is 0.162 e. The number of nitrogens with zero attached hydrogens (tertiary/aromatic N) is 3. The Hall–Kier alpha value is -6.78. The van der Waals surface area contributed by atoms with Crippen LogP contribution in [0.1, 0.15) is 22.3 Å². The van der Waals surface area contributed by atoms with Crippen molar-refractivity contribution in [2.75, 3.05) is 0 Å². The van der Waals surface area contributed by atoms with Crippen molar-refractivity contribution in [1.29, 1.82) is 0 Å². The van der Waals surface area contributed by atoms with E-state index in [9.17, 15) is 0 Å². The molecule has 0 unspecified atom stereocenters. The minimum absolute atomic E-state index is 0.567. The smallest absolute Gasteiger partial charge is 0.162 e. The van der Waals surface area contributed by atoms with Crippen molar-refractivity contribution in [2.24, 2.45) is 0 Å². The van der Waals surface area contributed by atoms with Crippen molar-refractivity contribution in [2.45, 2.75) is 5.41 Å². The van der Waals surface area contributed by atoms with Crippen LogP contribution >= 0.6 is 0 Å². The molecular formula is C47H29N3O. The van der Waals surface area contributed by atoms with Crippen LogP contribution < -0.4 is 4.74 Å². The van der Waals surface area contributed by atoms with E-state index in [-0.39, 0.29) is 0 Å². The zero-order valence-electron chi connectivity index (χ0n) is 27.5. The molecule has 0 fully saturated rings. The molecule has 7 aromatic carbocycles. The molecule has 0 saturated carbocycles. The number of ether oxygens (including phenoxy) is 1. The molecule has 1 aliphatic carbocycles. The summed E-state index contributed by atoms with van der Waals surface area (Å²) in [7, 11) is 0. The predicted octanol–water partition coefficient (Wildman–Crippen LogP) is 11.4. The van der Waals surface area contributed by atoms with Crippen LogP contribution in [0.15, 0.2) is 176 Å². The maximum absolute atomic E-state index is 6.89. The molecule has 0 atom stereocenters. The van der Waals surface area contributed by atoms with Gasteiger partial charge in [0.1, 0.15) is 17.3 Å². The molecule has 0 amide bonds. The van der Waals surface area contributed by atoms with Crippen LogP contribution in [0.4, 0.5) is 0 Å². The number of hydrogen-bond acceptors (Lipinski definition) is 3. The van der Waals surface area contributed by atoms with E-state index in [1.54, 1.807) is 0 Å². The van der Waals surface area contributed by atoms with Gasteiger partial charge < -0.3 is 4.74 Å². The molecule has 0 radical (unpaired) electrons. The van der Waals surface area contributed by atoms with Crippen molar-refractivity contribution in [3.8, 4) is 51.1 Å². The second kappa shape index (κ2) is 10.6. The average Bonchev–Trinajstić information content (AvgIpc) is 3.68. The highest BCUT2D eigenvalue weighted by molar-refractivity contribution is 6.10. The third kappa shape index (κ3) is 3.90. The van der Waals surface area contributed by atoms with E-state index >= 15 is 0 Å². The summed E-state index contributed by atoms with van der Waals surface area (Å²) in [5, 5.41) is 2.25. The number of rotatable bonds is 3. The van der Waals surface area contributed by atoms with E-state index in [0.717, 1.165) is 67.1 Å². The summed E-state index contributed by atoms with van der Waals surface area (Å²) in [6.07, 6.45) is 0. The molecule has 51 heavy (non-hydrogen) atoms. The van der Waals surface area contributed by atoms with Crippen molar-refractivity contribution < 1.29 is 4.74 Å². The Balaban J connectivity index is 1.27. The van der Waals surface area contributed by atoms with Gasteiger partial charge in [0.25, 0.3) is 0 Å². The molecule has 11 rings (SSSR count). The van der Waals surface area contributed by atoms with Crippen molar-refractivity contribution >= 4 is 21.8 Å². The van der Waals surface area contributed by atoms with Gasteiger partial charge >= 0.3 is 0 Å². The maximum atomic E-state index is 6.89. The van der Waals surface area contributed by atoms with Gasteiger partial charge in [-0.25, -0.2) is 9.97 Å². The van der Waals surface area contributed by atoms with E-state index in [4.69, 9.17) is 14.7 Å². The van der Waals surface area contributed by atoms with Crippen LogP contribution in [0, 0.1) is 0 Å². The SMILES string of the molecule is c1ccc(-c2cc(-n3c4ccccc4c4cc5c(cc43)C3(c4ccccc4O5)c4ccccc4-c4ccccc43)nc(-c3ccccc3)n2)cc1. The van der Waals surface area contributed by atoms with Crippen LogP contribution in [0.25, 0.3) is 61.4 Å². The lowest BCUT2D eigenvalue weighted by molar-refractivity contribution is 0.437. The number of hydrogen-bond donors (Lipinski definition) is 0. The van der Waals surface area contributed by atoms with Crippen LogP contribution in [0.5, 0.6) is 11.5 Å². The second-order valence-electron chi connectivity index (χ2n) is 13.3. The first kappa shape index (κ1) is 28.1. The summed E-state index contributed by atoms with van der Waals surface area (Å²) in [6, 6.07) is 62.2. The van der Waals surface area contributed by atoms with Gasteiger partial charge in [-0.3, -0.25) is 4.57 Å². The number of benzene rings is 7. The highest BCUT2D eigenvalue weighted by atomic mass is 16.5. The average molecular weight is 652 g/mol. The van der Waals surface area contributed by atoms with E-state index < -0.39 is 5.41 Å². The molecule has 3 heterocycles. The Bertz CT molecular complexity index is 2730. The highest BCUT2D eigenvalue weighted by Crippen LogP contribution is 2.62. The van der Waals surface area contributed by atoms with Crippen molar-refractivity contribution in [1.82, 2.24) is 14.5 Å². The molecule has 0 bridgehead atoms. The molecule has 238 valence electrons. The van der Waals surface area contributed by atoms with Crippen LogP contribution in [0.3, 0.4) is 0 Å². The third-order valence-electron chi connectivity index (χ3n) is 10.7. The molecule has 4 nitrogen and oxygen atoms in total. The molecule has 1 aliphatic heterocycles. The minimum Gasteiger partial charge on any atom is -0.457 e. The van der Waals surface area contributed by atoms with E-state index in [0.29, 0.717) is 5.82 Å². The third-order valence-corrected chi connectivity index (χ3v) is 10.7. The number of aromatic nitrogens is 3. The Morgan fingerprint density at radius 1 is 0.431 bits per heavy atom. The molecule has 2 aliphatic rings. The summed E-state index contributed by atoms with van der Waals surface area (Å²) >= 11 is 0. The van der Waals surface area contributed by atoms with E-state index in [2.05, 4.69) is 156 Å². The standard InChI is InChI=1S/C47H29N3O/c1-3-15-30(16-4-1)40-29-45(49-46(48-40)31-17-5-2-6-18-31)50-41-25-13-9-21-34(41)35-27-44-39(28-42(35)50)47(38-24-12-14-26-43(38)51-44)36-22-10-7-19-32(36)33-20-8-11-23-37(33)47/h1-29H. The molecule has 2 aromatic heterocycles. The normalized spacial score (nSPS) is 13.4.